The minimum absolute atomic E-state index is 0.0167. The van der Waals surface area contributed by atoms with Crippen LogP contribution in [0.4, 0.5) is 11.5 Å². The molecule has 0 spiro atoms. The van der Waals surface area contributed by atoms with Crippen LogP contribution in [0.5, 0.6) is 0 Å². The molecule has 1 atom stereocenters. The SMILES string of the molecule is C[C@H]1CCCN(C(=O)c2cn(-c3cc(Nc4ccccc4)ncn3)cn2)C1. The first-order chi connectivity index (χ1) is 13.2. The molecule has 0 unspecified atom stereocenters. The van der Waals surface area contributed by atoms with Gasteiger partial charge in [-0.2, -0.15) is 0 Å². The van der Waals surface area contributed by atoms with Gasteiger partial charge in [0.25, 0.3) is 5.91 Å². The lowest BCUT2D eigenvalue weighted by Crippen LogP contribution is -2.39. The van der Waals surface area contributed by atoms with Crippen LogP contribution in [0, 0.1) is 5.92 Å². The molecule has 0 radical (unpaired) electrons. The average molecular weight is 362 g/mol. The maximum atomic E-state index is 12.7. The van der Waals surface area contributed by atoms with Crippen LogP contribution in [0.2, 0.25) is 0 Å². The van der Waals surface area contributed by atoms with Gasteiger partial charge in [0.2, 0.25) is 0 Å². The van der Waals surface area contributed by atoms with Crippen molar-refractivity contribution < 1.29 is 4.79 Å². The minimum Gasteiger partial charge on any atom is -0.340 e. The van der Waals surface area contributed by atoms with Gasteiger partial charge in [0.15, 0.2) is 0 Å². The lowest BCUT2D eigenvalue weighted by Gasteiger charge is -2.30. The smallest absolute Gasteiger partial charge is 0.274 e. The number of para-hydroxylation sites is 1. The summed E-state index contributed by atoms with van der Waals surface area (Å²) in [6, 6.07) is 11.6. The number of anilines is 2. The van der Waals surface area contributed by atoms with Crippen molar-refractivity contribution in [2.45, 2.75) is 19.8 Å². The van der Waals surface area contributed by atoms with Crippen LogP contribution in [0.25, 0.3) is 5.82 Å². The third kappa shape index (κ3) is 3.97. The van der Waals surface area contributed by atoms with E-state index in [-0.39, 0.29) is 5.91 Å². The second-order valence-electron chi connectivity index (χ2n) is 6.92. The zero-order chi connectivity index (χ0) is 18.6. The molecule has 1 aromatic carbocycles. The number of hydrogen-bond donors (Lipinski definition) is 1. The third-order valence-corrected chi connectivity index (χ3v) is 4.71. The molecule has 3 aromatic rings. The van der Waals surface area contributed by atoms with E-state index >= 15 is 0 Å². The molecule has 4 rings (SSSR count). The van der Waals surface area contributed by atoms with Gasteiger partial charge in [0, 0.05) is 31.0 Å². The van der Waals surface area contributed by atoms with Crippen LogP contribution in [0.1, 0.15) is 30.3 Å². The number of nitrogens with zero attached hydrogens (tertiary/aromatic N) is 5. The van der Waals surface area contributed by atoms with E-state index in [1.807, 2.05) is 41.3 Å². The largest absolute Gasteiger partial charge is 0.340 e. The summed E-state index contributed by atoms with van der Waals surface area (Å²) in [5.74, 6) is 1.86. The van der Waals surface area contributed by atoms with Crippen LogP contribution in [-0.4, -0.2) is 43.4 Å². The third-order valence-electron chi connectivity index (χ3n) is 4.71. The Morgan fingerprint density at radius 1 is 1.19 bits per heavy atom. The highest BCUT2D eigenvalue weighted by molar-refractivity contribution is 5.92. The number of rotatable bonds is 4. The van der Waals surface area contributed by atoms with Crippen LogP contribution in [0.15, 0.2) is 55.2 Å². The molecule has 7 nitrogen and oxygen atoms in total. The number of benzene rings is 1. The fourth-order valence-electron chi connectivity index (χ4n) is 3.32. The lowest BCUT2D eigenvalue weighted by atomic mass is 10.0. The number of likely N-dealkylation sites (tertiary alicyclic amines) is 1. The minimum atomic E-state index is -0.0167. The number of hydrogen-bond acceptors (Lipinski definition) is 5. The first kappa shape index (κ1) is 17.2. The standard InChI is InChI=1S/C20H22N6O/c1-15-6-5-9-25(11-15)20(27)17-12-26(14-23-17)19-10-18(21-13-22-19)24-16-7-3-2-4-8-16/h2-4,7-8,10,12-15H,5-6,9,11H2,1H3,(H,21,22,24)/t15-/m0/s1. The van der Waals surface area contributed by atoms with Crippen molar-refractivity contribution in [1.29, 1.82) is 0 Å². The zero-order valence-electron chi connectivity index (χ0n) is 15.2. The van der Waals surface area contributed by atoms with Crippen molar-refractivity contribution in [3.63, 3.8) is 0 Å². The molecule has 0 saturated carbocycles. The molecule has 0 aliphatic carbocycles. The number of imidazole rings is 1. The number of amides is 1. The van der Waals surface area contributed by atoms with Gasteiger partial charge in [0.1, 0.15) is 30.0 Å². The number of nitrogens with one attached hydrogen (secondary N) is 1. The predicted molar refractivity (Wildman–Crippen MR) is 103 cm³/mol. The van der Waals surface area contributed by atoms with E-state index in [4.69, 9.17) is 0 Å². The normalized spacial score (nSPS) is 16.9. The maximum absolute atomic E-state index is 12.7. The molecule has 27 heavy (non-hydrogen) atoms. The van der Waals surface area contributed by atoms with E-state index in [9.17, 15) is 4.79 Å². The van der Waals surface area contributed by atoms with Gasteiger partial charge in [-0.05, 0) is 30.9 Å². The van der Waals surface area contributed by atoms with E-state index in [0.29, 0.717) is 23.2 Å². The van der Waals surface area contributed by atoms with E-state index in [1.54, 1.807) is 17.1 Å². The number of piperidine rings is 1. The summed E-state index contributed by atoms with van der Waals surface area (Å²) in [4.78, 5) is 27.4. The second kappa shape index (κ2) is 7.57. The fourth-order valence-corrected chi connectivity index (χ4v) is 3.32. The lowest BCUT2D eigenvalue weighted by molar-refractivity contribution is 0.0677. The van der Waals surface area contributed by atoms with Crippen molar-refractivity contribution >= 4 is 17.4 Å². The van der Waals surface area contributed by atoms with Crippen molar-refractivity contribution in [3.8, 4) is 5.82 Å². The Hall–Kier alpha value is -3.22. The zero-order valence-corrected chi connectivity index (χ0v) is 15.2. The molecule has 138 valence electrons. The van der Waals surface area contributed by atoms with Crippen molar-refractivity contribution in [1.82, 2.24) is 24.4 Å². The summed E-state index contributed by atoms with van der Waals surface area (Å²) in [6.07, 6.45) is 7.07. The monoisotopic (exact) mass is 362 g/mol. The Morgan fingerprint density at radius 2 is 2.04 bits per heavy atom. The van der Waals surface area contributed by atoms with Gasteiger partial charge < -0.3 is 10.2 Å². The summed E-state index contributed by atoms with van der Waals surface area (Å²) < 4.78 is 1.75. The van der Waals surface area contributed by atoms with Gasteiger partial charge in [-0.15, -0.1) is 0 Å². The van der Waals surface area contributed by atoms with Crippen molar-refractivity contribution in [3.05, 3.63) is 60.9 Å². The highest BCUT2D eigenvalue weighted by Gasteiger charge is 2.23. The van der Waals surface area contributed by atoms with Gasteiger partial charge in [-0.3, -0.25) is 9.36 Å². The average Bonchev–Trinajstić information content (AvgIpc) is 3.19. The molecule has 1 fully saturated rings. The molecule has 3 heterocycles. The quantitative estimate of drug-likeness (QED) is 0.771. The molecular formula is C20H22N6O. The number of carbonyl (C=O) groups is 1. The van der Waals surface area contributed by atoms with E-state index in [2.05, 4.69) is 27.2 Å². The predicted octanol–water partition coefficient (Wildman–Crippen LogP) is 3.28. The molecule has 7 heteroatoms. The van der Waals surface area contributed by atoms with Gasteiger partial charge in [-0.25, -0.2) is 15.0 Å². The Kier molecular flexibility index (Phi) is 4.82. The Labute approximate surface area is 158 Å². The first-order valence-corrected chi connectivity index (χ1v) is 9.17. The summed E-state index contributed by atoms with van der Waals surface area (Å²) in [7, 11) is 0. The van der Waals surface area contributed by atoms with Crippen LogP contribution >= 0.6 is 0 Å². The van der Waals surface area contributed by atoms with Crippen LogP contribution in [-0.2, 0) is 0 Å². The summed E-state index contributed by atoms with van der Waals surface area (Å²) >= 11 is 0. The van der Waals surface area contributed by atoms with Crippen molar-refractivity contribution in [2.75, 3.05) is 18.4 Å². The molecule has 2 aromatic heterocycles. The second-order valence-corrected chi connectivity index (χ2v) is 6.92. The van der Waals surface area contributed by atoms with Gasteiger partial charge in [-0.1, -0.05) is 25.1 Å². The van der Waals surface area contributed by atoms with E-state index in [1.165, 1.54) is 12.7 Å². The molecule has 1 amide bonds. The first-order valence-electron chi connectivity index (χ1n) is 9.17. The Morgan fingerprint density at radius 3 is 2.85 bits per heavy atom. The Balaban J connectivity index is 1.51. The van der Waals surface area contributed by atoms with Gasteiger partial charge in [0.05, 0.1) is 0 Å². The fraction of sp³-hybridized carbons (Fsp3) is 0.300. The molecule has 1 saturated heterocycles. The summed E-state index contributed by atoms with van der Waals surface area (Å²) in [5.41, 5.74) is 1.39. The maximum Gasteiger partial charge on any atom is 0.274 e. The summed E-state index contributed by atoms with van der Waals surface area (Å²) in [5, 5.41) is 3.24. The summed E-state index contributed by atoms with van der Waals surface area (Å²) in [6.45, 7) is 3.78. The molecule has 1 aliphatic heterocycles. The molecule has 1 aliphatic rings. The molecule has 0 bridgehead atoms. The molecule has 1 N–H and O–H groups in total. The van der Waals surface area contributed by atoms with Crippen LogP contribution < -0.4 is 5.32 Å². The van der Waals surface area contributed by atoms with Crippen molar-refractivity contribution in [2.24, 2.45) is 5.92 Å². The Bertz CT molecular complexity index is 923. The highest BCUT2D eigenvalue weighted by Crippen LogP contribution is 2.19. The number of carbonyl (C=O) groups excluding carboxylic acids is 1. The van der Waals surface area contributed by atoms with E-state index in [0.717, 1.165) is 25.2 Å². The van der Waals surface area contributed by atoms with E-state index < -0.39 is 0 Å². The number of aromatic nitrogens is 4. The van der Waals surface area contributed by atoms with Crippen LogP contribution in [0.3, 0.4) is 0 Å². The van der Waals surface area contributed by atoms with Gasteiger partial charge >= 0.3 is 0 Å². The highest BCUT2D eigenvalue weighted by atomic mass is 16.2. The molecular weight excluding hydrogens is 340 g/mol. The topological polar surface area (TPSA) is 75.9 Å².